The van der Waals surface area contributed by atoms with Crippen molar-refractivity contribution in [3.8, 4) is 0 Å². The number of nitrogens with zero attached hydrogens (tertiary/aromatic N) is 3. The second-order valence-corrected chi connectivity index (χ2v) is 6.39. The molecule has 100 valence electrons. The number of hydrogen-bond acceptors (Lipinski definition) is 3. The van der Waals surface area contributed by atoms with Gasteiger partial charge in [0.05, 0.1) is 11.7 Å². The fourth-order valence-corrected chi connectivity index (χ4v) is 3.37. The van der Waals surface area contributed by atoms with E-state index in [1.807, 2.05) is 40.9 Å². The van der Waals surface area contributed by atoms with Crippen molar-refractivity contribution in [2.45, 2.75) is 18.6 Å². The molecule has 0 N–H and O–H groups in total. The lowest BCUT2D eigenvalue weighted by atomic mass is 10.2. The molecule has 0 saturated carbocycles. The molecule has 3 heterocycles. The number of carbonyl (C=O) groups excluding carboxylic acids is 1. The lowest BCUT2D eigenvalue weighted by Gasteiger charge is -2.20. The van der Waals surface area contributed by atoms with Crippen LogP contribution in [0, 0.1) is 0 Å². The third-order valence-corrected chi connectivity index (χ3v) is 4.72. The minimum Gasteiger partial charge on any atom is -0.336 e. The van der Waals surface area contributed by atoms with Crippen LogP contribution in [-0.2, 0) is 0 Å². The van der Waals surface area contributed by atoms with Gasteiger partial charge in [0.25, 0.3) is 5.91 Å². The average molecular weight is 275 g/mol. The van der Waals surface area contributed by atoms with E-state index in [0.29, 0.717) is 10.9 Å². The summed E-state index contributed by atoms with van der Waals surface area (Å²) in [6.07, 6.45) is 2.79. The highest BCUT2D eigenvalue weighted by molar-refractivity contribution is 7.99. The van der Waals surface area contributed by atoms with E-state index in [-0.39, 0.29) is 5.91 Å². The molecule has 0 spiro atoms. The largest absolute Gasteiger partial charge is 0.336 e. The molecule has 0 bridgehead atoms. The zero-order valence-corrected chi connectivity index (χ0v) is 11.8. The highest BCUT2D eigenvalue weighted by Crippen LogP contribution is 2.20. The summed E-state index contributed by atoms with van der Waals surface area (Å²) in [6, 6.07) is 7.64. The molecular formula is C14H17N3OS. The average Bonchev–Trinajstić information content (AvgIpc) is 2.80. The van der Waals surface area contributed by atoms with Gasteiger partial charge in [0.2, 0.25) is 0 Å². The van der Waals surface area contributed by atoms with Crippen LogP contribution in [0.25, 0.3) is 5.52 Å². The molecule has 1 unspecified atom stereocenters. The zero-order valence-electron chi connectivity index (χ0n) is 11.0. The summed E-state index contributed by atoms with van der Waals surface area (Å²) >= 11 is 1.94. The van der Waals surface area contributed by atoms with E-state index in [1.165, 1.54) is 0 Å². The first kappa shape index (κ1) is 12.5. The third-order valence-electron chi connectivity index (χ3n) is 3.50. The molecule has 4 nitrogen and oxygen atoms in total. The molecule has 1 atom stereocenters. The van der Waals surface area contributed by atoms with Crippen LogP contribution in [0.2, 0.25) is 0 Å². The predicted molar refractivity (Wildman–Crippen MR) is 77.6 cm³/mol. The normalized spacial score (nSPS) is 20.5. The Kier molecular flexibility index (Phi) is 3.46. The van der Waals surface area contributed by atoms with Gasteiger partial charge in [-0.1, -0.05) is 13.0 Å². The molecule has 1 amide bonds. The van der Waals surface area contributed by atoms with Crippen molar-refractivity contribution >= 4 is 23.2 Å². The third kappa shape index (κ3) is 2.47. The van der Waals surface area contributed by atoms with E-state index in [9.17, 15) is 4.79 Å². The number of carbonyl (C=O) groups is 1. The van der Waals surface area contributed by atoms with Crippen LogP contribution in [0.5, 0.6) is 0 Å². The summed E-state index contributed by atoms with van der Waals surface area (Å²) in [5.41, 5.74) is 1.62. The van der Waals surface area contributed by atoms with E-state index >= 15 is 0 Å². The Morgan fingerprint density at radius 3 is 3.16 bits per heavy atom. The number of thioether (sulfide) groups is 1. The maximum Gasteiger partial charge on any atom is 0.272 e. The first-order valence-corrected chi connectivity index (χ1v) is 7.64. The van der Waals surface area contributed by atoms with Gasteiger partial charge in [0.1, 0.15) is 5.69 Å². The van der Waals surface area contributed by atoms with Crippen LogP contribution in [0.1, 0.15) is 23.8 Å². The van der Waals surface area contributed by atoms with Gasteiger partial charge in [-0.25, -0.2) is 4.52 Å². The van der Waals surface area contributed by atoms with Crippen molar-refractivity contribution in [3.05, 3.63) is 36.2 Å². The second kappa shape index (κ2) is 5.25. The maximum absolute atomic E-state index is 12.6. The first-order chi connectivity index (χ1) is 9.25. The topological polar surface area (TPSA) is 37.6 Å². The Labute approximate surface area is 116 Å². The van der Waals surface area contributed by atoms with E-state index in [2.05, 4.69) is 12.0 Å². The number of fused-ring (bicyclic) bond motifs is 1. The fourth-order valence-electron chi connectivity index (χ4n) is 2.37. The van der Waals surface area contributed by atoms with Crippen molar-refractivity contribution in [2.24, 2.45) is 0 Å². The lowest BCUT2D eigenvalue weighted by molar-refractivity contribution is 0.0758. The first-order valence-electron chi connectivity index (χ1n) is 6.59. The molecular weight excluding hydrogens is 258 g/mol. The van der Waals surface area contributed by atoms with Crippen molar-refractivity contribution in [1.29, 1.82) is 0 Å². The van der Waals surface area contributed by atoms with Crippen LogP contribution in [0.3, 0.4) is 0 Å². The molecule has 1 aliphatic heterocycles. The molecule has 0 aromatic carbocycles. The molecule has 0 aliphatic carbocycles. The van der Waals surface area contributed by atoms with Gasteiger partial charge in [-0.3, -0.25) is 4.79 Å². The van der Waals surface area contributed by atoms with Crippen LogP contribution in [-0.4, -0.2) is 44.5 Å². The number of rotatable bonds is 1. The summed E-state index contributed by atoms with van der Waals surface area (Å²) in [4.78, 5) is 14.6. The second-order valence-electron chi connectivity index (χ2n) is 4.84. The highest BCUT2D eigenvalue weighted by Gasteiger charge is 2.21. The summed E-state index contributed by atoms with van der Waals surface area (Å²) in [5, 5.41) is 4.87. The highest BCUT2D eigenvalue weighted by atomic mass is 32.2. The summed E-state index contributed by atoms with van der Waals surface area (Å²) in [6.45, 7) is 3.89. The smallest absolute Gasteiger partial charge is 0.272 e. The van der Waals surface area contributed by atoms with E-state index in [1.54, 1.807) is 10.7 Å². The van der Waals surface area contributed by atoms with Crippen molar-refractivity contribution < 1.29 is 4.79 Å². The Morgan fingerprint density at radius 1 is 1.37 bits per heavy atom. The molecule has 2 aromatic rings. The summed E-state index contributed by atoms with van der Waals surface area (Å²) in [5.74, 6) is 1.10. The summed E-state index contributed by atoms with van der Waals surface area (Å²) in [7, 11) is 0. The molecule has 1 aliphatic rings. The van der Waals surface area contributed by atoms with Gasteiger partial charge in [0.15, 0.2) is 0 Å². The minimum absolute atomic E-state index is 0.0870. The van der Waals surface area contributed by atoms with Gasteiger partial charge < -0.3 is 4.90 Å². The molecule has 1 fully saturated rings. The van der Waals surface area contributed by atoms with E-state index in [4.69, 9.17) is 0 Å². The van der Waals surface area contributed by atoms with Gasteiger partial charge in [-0.15, -0.1) is 0 Å². The monoisotopic (exact) mass is 275 g/mol. The Morgan fingerprint density at radius 2 is 2.26 bits per heavy atom. The maximum atomic E-state index is 12.6. The van der Waals surface area contributed by atoms with Crippen LogP contribution in [0.15, 0.2) is 30.5 Å². The molecule has 1 saturated heterocycles. The van der Waals surface area contributed by atoms with Crippen LogP contribution in [0.4, 0.5) is 0 Å². The van der Waals surface area contributed by atoms with Gasteiger partial charge in [-0.05, 0) is 24.6 Å². The molecule has 2 aromatic heterocycles. The lowest BCUT2D eigenvalue weighted by Crippen LogP contribution is -2.34. The van der Waals surface area contributed by atoms with Crippen molar-refractivity contribution in [2.75, 3.05) is 18.8 Å². The molecule has 5 heteroatoms. The SMILES string of the molecule is CC1CCN(C(=O)c2cccc3ccnn23)CCS1. The quantitative estimate of drug-likeness (QED) is 0.801. The number of aromatic nitrogens is 2. The van der Waals surface area contributed by atoms with E-state index in [0.717, 1.165) is 30.8 Å². The van der Waals surface area contributed by atoms with Gasteiger partial charge in [0, 0.05) is 24.1 Å². The molecule has 3 rings (SSSR count). The van der Waals surface area contributed by atoms with E-state index < -0.39 is 0 Å². The Hall–Kier alpha value is -1.49. The zero-order chi connectivity index (χ0) is 13.2. The molecule has 19 heavy (non-hydrogen) atoms. The van der Waals surface area contributed by atoms with Gasteiger partial charge >= 0.3 is 0 Å². The minimum atomic E-state index is 0.0870. The van der Waals surface area contributed by atoms with Crippen LogP contribution >= 0.6 is 11.8 Å². The number of hydrogen-bond donors (Lipinski definition) is 0. The predicted octanol–water partition coefficient (Wildman–Crippen LogP) is 2.30. The van der Waals surface area contributed by atoms with Crippen LogP contribution < -0.4 is 0 Å². The fraction of sp³-hybridized carbons (Fsp3) is 0.429. The van der Waals surface area contributed by atoms with Crippen molar-refractivity contribution in [3.63, 3.8) is 0 Å². The molecule has 0 radical (unpaired) electrons. The standard InChI is InChI=1S/C14H17N3OS/c1-11-6-8-16(9-10-19-11)14(18)13-4-2-3-12-5-7-15-17(12)13/h2-5,7,11H,6,8-10H2,1H3. The number of pyridine rings is 1. The summed E-state index contributed by atoms with van der Waals surface area (Å²) < 4.78 is 1.73. The Balaban J connectivity index is 1.89. The number of amides is 1. The van der Waals surface area contributed by atoms with Crippen molar-refractivity contribution in [1.82, 2.24) is 14.5 Å². The Bertz CT molecular complexity index is 595. The van der Waals surface area contributed by atoms with Gasteiger partial charge in [-0.2, -0.15) is 16.9 Å².